The van der Waals surface area contributed by atoms with Crippen LogP contribution in [0.2, 0.25) is 13.6 Å². The molecule has 60 heavy (non-hydrogen) atoms. The molecule has 0 saturated carbocycles. The molecule has 0 unspecified atom stereocenters. The van der Waals surface area contributed by atoms with Crippen LogP contribution >= 0.6 is 28.3 Å². The van der Waals surface area contributed by atoms with Gasteiger partial charge in [0.25, 0.3) is 0 Å². The van der Waals surface area contributed by atoms with Crippen molar-refractivity contribution in [1.82, 2.24) is 10.5 Å². The minimum Gasteiger partial charge on any atom is -0.508 e. The average Bonchev–Trinajstić information content (AvgIpc) is 3.21. The average molecular weight is 923 g/mol. The highest BCUT2D eigenvalue weighted by molar-refractivity contribution is 9.09. The van der Waals surface area contributed by atoms with Crippen molar-refractivity contribution in [2.45, 2.75) is 159 Å². The quantitative estimate of drug-likeness (QED) is 0.0347. The van der Waals surface area contributed by atoms with Crippen LogP contribution in [0.4, 0.5) is 0 Å². The molecule has 8 nitrogen and oxygen atoms in total. The maximum absolute atomic E-state index is 9.23. The first kappa shape index (κ1) is 62.1. The molecule has 0 saturated heterocycles. The molecule has 0 aromatic heterocycles. The summed E-state index contributed by atoms with van der Waals surface area (Å²) in [5.41, 5.74) is 8.83. The van der Waals surface area contributed by atoms with Crippen LogP contribution in [0.25, 0.3) is 0 Å². The van der Waals surface area contributed by atoms with Gasteiger partial charge in [-0.25, -0.2) is 0 Å². The lowest BCUT2D eigenvalue weighted by molar-refractivity contribution is 0.229. The van der Waals surface area contributed by atoms with Gasteiger partial charge in [-0.05, 0) is 123 Å². The molecule has 3 aromatic carbocycles. The molecule has 7 N–H and O–H groups in total. The largest absolute Gasteiger partial charge is 0.508 e. The molecule has 0 aliphatic carbocycles. The third-order valence-electron chi connectivity index (χ3n) is 9.52. The fourth-order valence-corrected chi connectivity index (χ4v) is 7.15. The SMILES string of the molecule is C.CB(O)NCc1cccc(O)c1.CCCC(CBr)CCC.CCCC(CCC)COc1cccc(CN)c1.CCCC(CCC)COc1cccc(CNB(C)O)c1.Cl. The van der Waals surface area contributed by atoms with Crippen LogP contribution in [-0.2, 0) is 19.6 Å². The summed E-state index contributed by atoms with van der Waals surface area (Å²) in [6.45, 7) is 20.2. The molecule has 0 aliphatic heterocycles. The second kappa shape index (κ2) is 42.1. The van der Waals surface area contributed by atoms with E-state index in [0.717, 1.165) is 47.3 Å². The van der Waals surface area contributed by atoms with Crippen LogP contribution in [0.1, 0.15) is 143 Å². The van der Waals surface area contributed by atoms with E-state index in [1.165, 1.54) is 82.4 Å². The maximum Gasteiger partial charge on any atom is 0.373 e. The fourth-order valence-electron chi connectivity index (χ4n) is 6.50. The Bertz CT molecular complexity index is 1360. The van der Waals surface area contributed by atoms with E-state index < -0.39 is 14.1 Å². The van der Waals surface area contributed by atoms with E-state index in [1.807, 2.05) is 54.6 Å². The Labute approximate surface area is 383 Å². The van der Waals surface area contributed by atoms with Gasteiger partial charge in [-0.3, -0.25) is 0 Å². The maximum atomic E-state index is 9.23. The van der Waals surface area contributed by atoms with Crippen LogP contribution in [0.15, 0.2) is 72.8 Å². The molecule has 3 rings (SSSR count). The molecule has 344 valence electrons. The Morgan fingerprint density at radius 2 is 0.933 bits per heavy atom. The molecule has 0 radical (unpaired) electrons. The summed E-state index contributed by atoms with van der Waals surface area (Å²) in [6, 6.07) is 23.1. The summed E-state index contributed by atoms with van der Waals surface area (Å²) in [4.78, 5) is 0. The van der Waals surface area contributed by atoms with Crippen LogP contribution in [0.3, 0.4) is 0 Å². The van der Waals surface area contributed by atoms with Gasteiger partial charge in [-0.2, -0.15) is 0 Å². The fraction of sp³-hybridized carbons (Fsp3) is 0.625. The van der Waals surface area contributed by atoms with E-state index in [1.54, 1.807) is 31.8 Å². The van der Waals surface area contributed by atoms with E-state index in [9.17, 15) is 5.02 Å². The predicted molar refractivity (Wildman–Crippen MR) is 269 cm³/mol. The molecule has 3 aromatic rings. The first-order valence-corrected chi connectivity index (χ1v) is 23.4. The van der Waals surface area contributed by atoms with Crippen LogP contribution in [0.5, 0.6) is 17.2 Å². The van der Waals surface area contributed by atoms with Crippen molar-refractivity contribution < 1.29 is 24.6 Å². The first-order valence-electron chi connectivity index (χ1n) is 22.3. The number of rotatable bonds is 26. The van der Waals surface area contributed by atoms with Gasteiger partial charge in [0.1, 0.15) is 17.2 Å². The second-order valence-electron chi connectivity index (χ2n) is 15.4. The Morgan fingerprint density at radius 3 is 1.28 bits per heavy atom. The van der Waals surface area contributed by atoms with Gasteiger partial charge >= 0.3 is 14.1 Å². The van der Waals surface area contributed by atoms with Gasteiger partial charge in [0.2, 0.25) is 0 Å². The summed E-state index contributed by atoms with van der Waals surface area (Å²) >= 11 is 3.52. The van der Waals surface area contributed by atoms with Gasteiger partial charge in [0.05, 0.1) is 13.2 Å². The highest BCUT2D eigenvalue weighted by Gasteiger charge is 2.10. The van der Waals surface area contributed by atoms with Crippen molar-refractivity contribution in [3.05, 3.63) is 89.5 Å². The van der Waals surface area contributed by atoms with Gasteiger partial charge in [-0.15, -0.1) is 12.4 Å². The number of aromatic hydroxyl groups is 1. The second-order valence-corrected chi connectivity index (χ2v) is 16.0. The van der Waals surface area contributed by atoms with Gasteiger partial charge < -0.3 is 40.8 Å². The lowest BCUT2D eigenvalue weighted by atomic mass is 9.88. The highest BCUT2D eigenvalue weighted by Crippen LogP contribution is 2.20. The summed E-state index contributed by atoms with van der Waals surface area (Å²) < 4.78 is 11.8. The van der Waals surface area contributed by atoms with Gasteiger partial charge in [0.15, 0.2) is 0 Å². The van der Waals surface area contributed by atoms with E-state index in [-0.39, 0.29) is 25.6 Å². The molecular weight excluding hydrogens is 836 g/mol. The number of nitrogens with one attached hydrogen (secondary N) is 2. The van der Waals surface area contributed by atoms with Crippen molar-refractivity contribution in [3.63, 3.8) is 0 Å². The Balaban J connectivity index is -0.000000742. The van der Waals surface area contributed by atoms with Crippen LogP contribution in [0, 0.1) is 17.8 Å². The molecule has 0 amide bonds. The van der Waals surface area contributed by atoms with Crippen molar-refractivity contribution in [3.8, 4) is 17.2 Å². The number of nitrogens with two attached hydrogens (primary N) is 1. The number of halogens is 2. The van der Waals surface area contributed by atoms with Crippen molar-refractivity contribution in [1.29, 1.82) is 0 Å². The number of hydrogen-bond donors (Lipinski definition) is 6. The molecule has 0 atom stereocenters. The third-order valence-corrected chi connectivity index (χ3v) is 10.4. The Morgan fingerprint density at radius 1 is 0.583 bits per heavy atom. The van der Waals surface area contributed by atoms with Gasteiger partial charge in [0, 0.05) is 25.0 Å². The molecule has 0 heterocycles. The van der Waals surface area contributed by atoms with Crippen molar-refractivity contribution >= 4 is 42.4 Å². The normalized spacial score (nSPS) is 10.2. The van der Waals surface area contributed by atoms with E-state index >= 15 is 0 Å². The highest BCUT2D eigenvalue weighted by atomic mass is 79.9. The molecule has 12 heteroatoms. The minimum absolute atomic E-state index is 0. The zero-order chi connectivity index (χ0) is 43.4. The smallest absolute Gasteiger partial charge is 0.373 e. The monoisotopic (exact) mass is 922 g/mol. The van der Waals surface area contributed by atoms with E-state index in [2.05, 4.69) is 67.9 Å². The van der Waals surface area contributed by atoms with E-state index in [4.69, 9.17) is 25.3 Å². The third kappa shape index (κ3) is 34.4. The Hall–Kier alpha value is -2.24. The lowest BCUT2D eigenvalue weighted by Gasteiger charge is -2.16. The number of ether oxygens (including phenoxy) is 2. The number of alkyl halides is 1. The first-order chi connectivity index (χ1) is 28.0. The number of hydrogen-bond acceptors (Lipinski definition) is 8. The molecule has 0 bridgehead atoms. The summed E-state index contributed by atoms with van der Waals surface area (Å²) in [5.74, 6) is 4.40. The lowest BCUT2D eigenvalue weighted by Crippen LogP contribution is -2.29. The molecular formula is C48H87B2BrClN3O5. The Kier molecular flexibility index (Phi) is 43.5. The standard InChI is InChI=1S/C16H28BNO2.C15H25NO.C8H12BNO2.C8H17Br.CH4.ClH/c1-4-7-14(8-5-2)13-20-16-10-6-9-15(11-16)12-18-17(3)19;1-3-6-13(7-4-2)12-17-15-9-5-8-14(10-15)11-16;1-9(12)10-6-7-3-2-4-8(11)5-7;1-3-5-8(7-9)6-4-2;;/h6,9-11,14,18-19H,4-5,7-8,12-13H2,1-3H3;5,8-10,13H,3-4,6-7,11-12,16H2,1-2H3;2-5,10-12H,6H2,1H3;8H,3-7H2,1-2H3;1H4;1H. The predicted octanol–water partition coefficient (Wildman–Crippen LogP) is 12.5. The zero-order valence-electron chi connectivity index (χ0n) is 38.1. The number of phenols is 1. The van der Waals surface area contributed by atoms with Crippen molar-refractivity contribution in [2.24, 2.45) is 23.5 Å². The topological polar surface area (TPSA) is 129 Å². The van der Waals surface area contributed by atoms with Crippen molar-refractivity contribution in [2.75, 3.05) is 18.5 Å². The molecule has 0 spiro atoms. The summed E-state index contributed by atoms with van der Waals surface area (Å²) in [6.07, 6.45) is 15.3. The van der Waals surface area contributed by atoms with Crippen LogP contribution in [-0.4, -0.2) is 47.8 Å². The summed E-state index contributed by atoms with van der Waals surface area (Å²) in [7, 11) is -1.01. The number of phenolic OH excluding ortho intramolecular Hbond substituents is 1. The van der Waals surface area contributed by atoms with Gasteiger partial charge in [-0.1, -0.05) is 140 Å². The molecule has 0 aliphatic rings. The van der Waals surface area contributed by atoms with E-state index in [0.29, 0.717) is 31.5 Å². The summed E-state index contributed by atoms with van der Waals surface area (Å²) in [5, 5.41) is 34.2. The minimum atomic E-state index is -0.521. The van der Waals surface area contributed by atoms with Crippen LogP contribution < -0.4 is 25.7 Å². The zero-order valence-corrected chi connectivity index (χ0v) is 40.5. The number of benzene rings is 3. The molecule has 0 fully saturated rings.